The molecule has 1 amide bonds. The Morgan fingerprint density at radius 2 is 1.91 bits per heavy atom. The highest BCUT2D eigenvalue weighted by molar-refractivity contribution is 6.03. The molecule has 0 spiro atoms. The number of ether oxygens (including phenoxy) is 3. The number of nitrogens with zero attached hydrogens (tertiary/aromatic N) is 6. The van der Waals surface area contributed by atoms with Gasteiger partial charge in [0.1, 0.15) is 41.4 Å². The lowest BCUT2D eigenvalue weighted by Gasteiger charge is -2.41. The Hall–Kier alpha value is -5.36. The number of carbonyl (C=O) groups excluding carboxylic acids is 2. The Morgan fingerprint density at radius 1 is 1.13 bits per heavy atom. The van der Waals surface area contributed by atoms with Crippen LogP contribution in [0.2, 0.25) is 0 Å². The largest absolute Gasteiger partial charge is 0.508 e. The van der Waals surface area contributed by atoms with Crippen LogP contribution in [0.15, 0.2) is 30.5 Å². The first-order chi connectivity index (χ1) is 26.5. The summed E-state index contributed by atoms with van der Waals surface area (Å²) in [5, 5.41) is 11.5. The van der Waals surface area contributed by atoms with Gasteiger partial charge in [-0.15, -0.1) is 6.42 Å². The van der Waals surface area contributed by atoms with Gasteiger partial charge >= 0.3 is 18.1 Å². The minimum atomic E-state index is -1.06. The number of aromatic nitrogens is 3. The molecule has 4 aromatic rings. The Morgan fingerprint density at radius 3 is 2.65 bits per heavy atom. The molecule has 5 atom stereocenters. The quantitative estimate of drug-likeness (QED) is 0.118. The number of hydrogen-bond acceptors (Lipinski definition) is 11. The summed E-state index contributed by atoms with van der Waals surface area (Å²) in [5.74, 6) is 0.476. The van der Waals surface area contributed by atoms with E-state index in [0.29, 0.717) is 56.5 Å². The van der Waals surface area contributed by atoms with Crippen LogP contribution >= 0.6 is 0 Å². The number of halogens is 3. The molecule has 1 N–H and O–H groups in total. The maximum atomic E-state index is 17.1. The Kier molecular flexibility index (Phi) is 9.57. The number of amides is 1. The van der Waals surface area contributed by atoms with Crippen LogP contribution in [0, 0.1) is 24.0 Å². The number of fused-ring (bicyclic) bond motifs is 5. The number of piperazine rings is 1. The monoisotopic (exact) mass is 758 g/mol. The lowest BCUT2D eigenvalue weighted by molar-refractivity contribution is -0.166. The molecule has 8 rings (SSSR count). The highest BCUT2D eigenvalue weighted by Crippen LogP contribution is 2.42. The summed E-state index contributed by atoms with van der Waals surface area (Å²) in [6.07, 6.45) is 8.61. The van der Waals surface area contributed by atoms with E-state index in [0.717, 1.165) is 19.4 Å². The summed E-state index contributed by atoms with van der Waals surface area (Å²) in [6.45, 7) is 5.16. The number of aromatic hydroxyl groups is 1. The second kappa shape index (κ2) is 14.4. The SMILES string of the molecule is C#Cc1c(F)ccc2cc(O)cc(-c3ncc4c(N5CC6CCC(C5)N6C(=O)OC(C)OC(=O)CCC)nc(OC[C@@]56CCCN5C[C@H](F)C6)nc4c3F)c12. The Balaban J connectivity index is 1.17. The summed E-state index contributed by atoms with van der Waals surface area (Å²) in [6, 6.07) is 4.61. The zero-order valence-corrected chi connectivity index (χ0v) is 30.6. The van der Waals surface area contributed by atoms with Gasteiger partial charge in [-0.2, -0.15) is 9.97 Å². The van der Waals surface area contributed by atoms with Crippen molar-refractivity contribution in [2.75, 3.05) is 37.7 Å². The van der Waals surface area contributed by atoms with Gasteiger partial charge in [0.15, 0.2) is 5.82 Å². The highest BCUT2D eigenvalue weighted by atomic mass is 19.1. The summed E-state index contributed by atoms with van der Waals surface area (Å²) in [5.41, 5.74) is -0.908. The van der Waals surface area contributed by atoms with E-state index < -0.39 is 41.7 Å². The Bertz CT molecular complexity index is 2220. The third-order valence-electron chi connectivity index (χ3n) is 11.3. The van der Waals surface area contributed by atoms with Crippen LogP contribution in [-0.2, 0) is 14.3 Å². The second-order valence-corrected chi connectivity index (χ2v) is 14.9. The molecule has 3 unspecified atom stereocenters. The van der Waals surface area contributed by atoms with Crippen molar-refractivity contribution in [1.29, 1.82) is 0 Å². The van der Waals surface area contributed by atoms with E-state index in [4.69, 9.17) is 25.6 Å². The molecule has 2 aromatic heterocycles. The van der Waals surface area contributed by atoms with E-state index >= 15 is 4.39 Å². The van der Waals surface area contributed by atoms with Crippen LogP contribution in [0.25, 0.3) is 32.9 Å². The molecular formula is C40H41F3N6O6. The van der Waals surface area contributed by atoms with Crippen molar-refractivity contribution >= 4 is 39.6 Å². The lowest BCUT2D eigenvalue weighted by Crippen LogP contribution is -2.56. The lowest BCUT2D eigenvalue weighted by atomic mass is 9.95. The predicted octanol–water partition coefficient (Wildman–Crippen LogP) is 6.24. The highest BCUT2D eigenvalue weighted by Gasteiger charge is 2.50. The van der Waals surface area contributed by atoms with Crippen molar-refractivity contribution in [1.82, 2.24) is 24.8 Å². The average molecular weight is 759 g/mol. The number of pyridine rings is 1. The molecule has 0 saturated carbocycles. The van der Waals surface area contributed by atoms with Crippen LogP contribution in [-0.4, -0.2) is 105 Å². The minimum Gasteiger partial charge on any atom is -0.508 e. The molecule has 2 aromatic carbocycles. The third-order valence-corrected chi connectivity index (χ3v) is 11.3. The van der Waals surface area contributed by atoms with Crippen LogP contribution < -0.4 is 9.64 Å². The normalized spacial score (nSPS) is 23.9. The number of anilines is 1. The van der Waals surface area contributed by atoms with E-state index in [1.807, 2.05) is 11.8 Å². The number of phenolic OH excluding ortho intramolecular Hbond substituents is 1. The Labute approximate surface area is 315 Å². The smallest absolute Gasteiger partial charge is 0.413 e. The fraction of sp³-hybridized carbons (Fsp3) is 0.475. The van der Waals surface area contributed by atoms with Crippen LogP contribution in [0.3, 0.4) is 0 Å². The van der Waals surface area contributed by atoms with Crippen LogP contribution in [0.4, 0.5) is 23.8 Å². The molecule has 288 valence electrons. The van der Waals surface area contributed by atoms with E-state index in [1.165, 1.54) is 37.4 Å². The first kappa shape index (κ1) is 36.6. The number of esters is 1. The van der Waals surface area contributed by atoms with Crippen LogP contribution in [0.5, 0.6) is 11.8 Å². The first-order valence-corrected chi connectivity index (χ1v) is 18.7. The zero-order chi connectivity index (χ0) is 38.6. The van der Waals surface area contributed by atoms with Gasteiger partial charge in [0, 0.05) is 56.5 Å². The predicted molar refractivity (Wildman–Crippen MR) is 196 cm³/mol. The fourth-order valence-corrected chi connectivity index (χ4v) is 8.96. The van der Waals surface area contributed by atoms with Gasteiger partial charge in [-0.1, -0.05) is 18.9 Å². The molecule has 15 heteroatoms. The molecular weight excluding hydrogens is 717 g/mol. The van der Waals surface area contributed by atoms with Gasteiger partial charge in [-0.3, -0.25) is 19.6 Å². The second-order valence-electron chi connectivity index (χ2n) is 14.9. The zero-order valence-electron chi connectivity index (χ0n) is 30.6. The molecule has 4 fully saturated rings. The molecule has 4 saturated heterocycles. The standard InChI is InChI=1S/C40H41F3N6O6/c1-4-7-32(51)54-22(3)55-39(52)49-25-9-10-26(49)20-47(19-25)37-30-17-44-35(29-15-27(50)14-23-8-11-31(42)28(5-2)33(23)29)34(43)36(30)45-38(46-37)53-21-40-12-6-13-48(40)18-24(41)16-40/h2,8,11,14-15,17,22,24-26,50H,4,6-7,9-10,12-13,16,18-21H2,1,3H3/t22?,24-,25?,26?,40+/m1/s1. The number of hydrogen-bond donors (Lipinski definition) is 1. The summed E-state index contributed by atoms with van der Waals surface area (Å²) in [7, 11) is 0. The maximum absolute atomic E-state index is 17.1. The van der Waals surface area contributed by atoms with E-state index in [-0.39, 0.29) is 70.0 Å². The number of phenols is 1. The molecule has 12 nitrogen and oxygen atoms in total. The van der Waals surface area contributed by atoms with Gasteiger partial charge in [0.2, 0.25) is 6.29 Å². The molecule has 0 aliphatic carbocycles. The van der Waals surface area contributed by atoms with Gasteiger partial charge in [0.25, 0.3) is 0 Å². The number of carbonyl (C=O) groups is 2. The topological polar surface area (TPSA) is 130 Å². The minimum absolute atomic E-state index is 0.0738. The van der Waals surface area contributed by atoms with Crippen molar-refractivity contribution in [3.05, 3.63) is 47.7 Å². The molecule has 6 heterocycles. The van der Waals surface area contributed by atoms with Gasteiger partial charge in [-0.05, 0) is 62.2 Å². The summed E-state index contributed by atoms with van der Waals surface area (Å²) >= 11 is 0. The summed E-state index contributed by atoms with van der Waals surface area (Å²) < 4.78 is 63.6. The van der Waals surface area contributed by atoms with E-state index in [2.05, 4.69) is 20.8 Å². The summed E-state index contributed by atoms with van der Waals surface area (Å²) in [4.78, 5) is 44.8. The maximum Gasteiger partial charge on any atom is 0.413 e. The number of benzene rings is 2. The molecule has 4 aliphatic rings. The van der Waals surface area contributed by atoms with Gasteiger partial charge < -0.3 is 24.2 Å². The van der Waals surface area contributed by atoms with Crippen molar-refractivity contribution in [2.24, 2.45) is 0 Å². The van der Waals surface area contributed by atoms with Crippen molar-refractivity contribution < 1.29 is 42.1 Å². The van der Waals surface area contributed by atoms with E-state index in [9.17, 15) is 23.5 Å². The third kappa shape index (κ3) is 6.60. The molecule has 4 aliphatic heterocycles. The van der Waals surface area contributed by atoms with Gasteiger partial charge in [0.05, 0.1) is 28.6 Å². The first-order valence-electron chi connectivity index (χ1n) is 18.7. The fourth-order valence-electron chi connectivity index (χ4n) is 8.96. The van der Waals surface area contributed by atoms with Crippen molar-refractivity contribution in [3.8, 4) is 35.4 Å². The van der Waals surface area contributed by atoms with Gasteiger partial charge in [-0.25, -0.2) is 18.0 Å². The van der Waals surface area contributed by atoms with Crippen molar-refractivity contribution in [3.63, 3.8) is 0 Å². The average Bonchev–Trinajstić information content (AvgIpc) is 3.77. The van der Waals surface area contributed by atoms with Crippen molar-refractivity contribution in [2.45, 2.75) is 88.9 Å². The molecule has 55 heavy (non-hydrogen) atoms. The van der Waals surface area contributed by atoms with Crippen LogP contribution in [0.1, 0.15) is 64.4 Å². The van der Waals surface area contributed by atoms with E-state index in [1.54, 1.807) is 4.90 Å². The number of terminal acetylenes is 1. The number of alkyl halides is 1. The molecule has 2 bridgehead atoms. The number of rotatable bonds is 9. The molecule has 0 radical (unpaired) electrons.